The van der Waals surface area contributed by atoms with Gasteiger partial charge in [-0.2, -0.15) is 0 Å². The van der Waals surface area contributed by atoms with E-state index in [0.717, 1.165) is 6.42 Å². The molecule has 0 unspecified atom stereocenters. The third kappa shape index (κ3) is 4.69. The number of amides is 1. The van der Waals surface area contributed by atoms with Gasteiger partial charge in [-0.15, -0.1) is 0 Å². The lowest BCUT2D eigenvalue weighted by Gasteiger charge is -2.23. The fourth-order valence-electron chi connectivity index (χ4n) is 1.47. The van der Waals surface area contributed by atoms with E-state index in [0.29, 0.717) is 12.1 Å². The summed E-state index contributed by atoms with van der Waals surface area (Å²) in [5.74, 6) is -1.24. The number of hydrogen-bond acceptors (Lipinski definition) is 3. The Balaban J connectivity index is 2.69. The summed E-state index contributed by atoms with van der Waals surface area (Å²) in [5, 5.41) is 8.74. The van der Waals surface area contributed by atoms with E-state index < -0.39 is 5.97 Å². The molecule has 0 atom stereocenters. The van der Waals surface area contributed by atoms with Gasteiger partial charge < -0.3 is 10.0 Å². The molecule has 0 bridgehead atoms. The molecule has 1 rings (SSSR count). The average Bonchev–Trinajstić information content (AvgIpc) is 2.34. The minimum absolute atomic E-state index is 0.0612. The van der Waals surface area contributed by atoms with Crippen LogP contribution in [-0.4, -0.2) is 40.5 Å². The van der Waals surface area contributed by atoms with E-state index in [1.54, 1.807) is 11.9 Å². The molecule has 104 valence electrons. The molecule has 1 N–H and O–H groups in total. The van der Waals surface area contributed by atoms with Crippen LogP contribution in [-0.2, 0) is 0 Å². The van der Waals surface area contributed by atoms with Gasteiger partial charge in [-0.25, -0.2) is 9.78 Å². The number of pyridine rings is 1. The zero-order valence-electron chi connectivity index (χ0n) is 11.8. The van der Waals surface area contributed by atoms with Gasteiger partial charge >= 0.3 is 5.97 Å². The zero-order chi connectivity index (χ0) is 14.6. The maximum atomic E-state index is 12.1. The first-order chi connectivity index (χ1) is 8.70. The number of rotatable bonds is 4. The Morgan fingerprint density at radius 1 is 1.32 bits per heavy atom. The lowest BCUT2D eigenvalue weighted by Crippen LogP contribution is -2.30. The molecule has 0 spiro atoms. The number of aromatic carboxylic acids is 1. The predicted molar refractivity (Wildman–Crippen MR) is 72.2 cm³/mol. The Morgan fingerprint density at radius 3 is 2.37 bits per heavy atom. The maximum Gasteiger partial charge on any atom is 0.354 e. The SMILES string of the molecule is CN(CCC(C)(C)C)C(=O)c1ccc(C(=O)O)nc1. The van der Waals surface area contributed by atoms with Crippen LogP contribution in [0, 0.1) is 5.41 Å². The molecule has 19 heavy (non-hydrogen) atoms. The number of hydrogen-bond donors (Lipinski definition) is 1. The molecule has 1 heterocycles. The van der Waals surface area contributed by atoms with E-state index in [2.05, 4.69) is 25.8 Å². The molecule has 5 heteroatoms. The minimum atomic E-state index is -1.10. The molecule has 0 aliphatic carbocycles. The molecule has 0 aromatic carbocycles. The van der Waals surface area contributed by atoms with Crippen molar-refractivity contribution in [3.63, 3.8) is 0 Å². The first kappa shape index (κ1) is 15.1. The van der Waals surface area contributed by atoms with Crippen molar-refractivity contribution in [3.05, 3.63) is 29.6 Å². The standard InChI is InChI=1S/C14H20N2O3/c1-14(2,3)7-8-16(4)12(17)10-5-6-11(13(18)19)15-9-10/h5-6,9H,7-8H2,1-4H3,(H,18,19). The smallest absolute Gasteiger partial charge is 0.354 e. The molecule has 1 aromatic rings. The van der Waals surface area contributed by atoms with Crippen LogP contribution in [0.15, 0.2) is 18.3 Å². The van der Waals surface area contributed by atoms with Crippen LogP contribution >= 0.6 is 0 Å². The summed E-state index contributed by atoms with van der Waals surface area (Å²) in [5.41, 5.74) is 0.509. The van der Waals surface area contributed by atoms with Gasteiger partial charge in [0.2, 0.25) is 0 Å². The third-order valence-corrected chi connectivity index (χ3v) is 2.77. The van der Waals surface area contributed by atoms with Crippen molar-refractivity contribution in [1.29, 1.82) is 0 Å². The second kappa shape index (κ2) is 5.82. The monoisotopic (exact) mass is 264 g/mol. The third-order valence-electron chi connectivity index (χ3n) is 2.77. The first-order valence-corrected chi connectivity index (χ1v) is 6.15. The Labute approximate surface area is 113 Å². The maximum absolute atomic E-state index is 12.1. The van der Waals surface area contributed by atoms with Gasteiger partial charge in [0.15, 0.2) is 0 Å². The van der Waals surface area contributed by atoms with E-state index in [9.17, 15) is 9.59 Å². The Hall–Kier alpha value is -1.91. The van der Waals surface area contributed by atoms with Crippen molar-refractivity contribution >= 4 is 11.9 Å². The highest BCUT2D eigenvalue weighted by Crippen LogP contribution is 2.18. The van der Waals surface area contributed by atoms with E-state index in [-0.39, 0.29) is 17.0 Å². The summed E-state index contributed by atoms with van der Waals surface area (Å²) in [4.78, 5) is 28.1. The van der Waals surface area contributed by atoms with E-state index in [1.165, 1.54) is 18.3 Å². The summed E-state index contributed by atoms with van der Waals surface area (Å²) in [6, 6.07) is 2.83. The van der Waals surface area contributed by atoms with Crippen LogP contribution in [0.4, 0.5) is 0 Å². The summed E-state index contributed by atoms with van der Waals surface area (Å²) >= 11 is 0. The number of carboxylic acids is 1. The summed E-state index contributed by atoms with van der Waals surface area (Å²) in [6.07, 6.45) is 2.20. The molecular formula is C14H20N2O3. The van der Waals surface area contributed by atoms with Gasteiger partial charge in [0.05, 0.1) is 5.56 Å². The van der Waals surface area contributed by atoms with Crippen molar-refractivity contribution in [1.82, 2.24) is 9.88 Å². The Bertz CT molecular complexity index is 461. The molecule has 0 aliphatic rings. The fourth-order valence-corrected chi connectivity index (χ4v) is 1.47. The summed E-state index contributed by atoms with van der Waals surface area (Å²) < 4.78 is 0. The van der Waals surface area contributed by atoms with Crippen LogP contribution < -0.4 is 0 Å². The Kier molecular flexibility index (Phi) is 4.64. The number of nitrogens with zero attached hydrogens (tertiary/aromatic N) is 2. The second-order valence-corrected chi connectivity index (χ2v) is 5.77. The van der Waals surface area contributed by atoms with Gasteiger partial charge in [0.1, 0.15) is 5.69 Å². The topological polar surface area (TPSA) is 70.5 Å². The highest BCUT2D eigenvalue weighted by molar-refractivity contribution is 5.94. The normalized spacial score (nSPS) is 11.2. The van der Waals surface area contributed by atoms with Crippen LogP contribution in [0.1, 0.15) is 48.0 Å². The van der Waals surface area contributed by atoms with Crippen LogP contribution in [0.2, 0.25) is 0 Å². The van der Waals surface area contributed by atoms with Gasteiger partial charge in [-0.1, -0.05) is 20.8 Å². The van der Waals surface area contributed by atoms with E-state index in [4.69, 9.17) is 5.11 Å². The van der Waals surface area contributed by atoms with Crippen molar-refractivity contribution in [2.75, 3.05) is 13.6 Å². The molecule has 0 saturated carbocycles. The van der Waals surface area contributed by atoms with Gasteiger partial charge in [0.25, 0.3) is 5.91 Å². The highest BCUT2D eigenvalue weighted by Gasteiger charge is 2.16. The van der Waals surface area contributed by atoms with Crippen molar-refractivity contribution < 1.29 is 14.7 Å². The molecular weight excluding hydrogens is 244 g/mol. The molecule has 0 aliphatic heterocycles. The largest absolute Gasteiger partial charge is 0.477 e. The lowest BCUT2D eigenvalue weighted by atomic mass is 9.92. The van der Waals surface area contributed by atoms with Crippen molar-refractivity contribution in [2.45, 2.75) is 27.2 Å². The number of carboxylic acid groups (broad SMARTS) is 1. The van der Waals surface area contributed by atoms with E-state index >= 15 is 0 Å². The quantitative estimate of drug-likeness (QED) is 0.905. The molecule has 0 fully saturated rings. The number of aromatic nitrogens is 1. The van der Waals surface area contributed by atoms with Crippen LogP contribution in [0.3, 0.4) is 0 Å². The molecule has 5 nitrogen and oxygen atoms in total. The number of carbonyl (C=O) groups is 2. The molecule has 1 amide bonds. The molecule has 0 radical (unpaired) electrons. The van der Waals surface area contributed by atoms with Gasteiger partial charge in [-0.05, 0) is 24.0 Å². The fraction of sp³-hybridized carbons (Fsp3) is 0.500. The van der Waals surface area contributed by atoms with E-state index in [1.807, 2.05) is 0 Å². The second-order valence-electron chi connectivity index (χ2n) is 5.77. The molecule has 1 aromatic heterocycles. The summed E-state index contributed by atoms with van der Waals surface area (Å²) in [7, 11) is 1.74. The van der Waals surface area contributed by atoms with Crippen LogP contribution in [0.25, 0.3) is 0 Å². The van der Waals surface area contributed by atoms with Crippen molar-refractivity contribution in [3.8, 4) is 0 Å². The van der Waals surface area contributed by atoms with Gasteiger partial charge in [0, 0.05) is 19.8 Å². The average molecular weight is 264 g/mol. The van der Waals surface area contributed by atoms with Gasteiger partial charge in [-0.3, -0.25) is 4.79 Å². The highest BCUT2D eigenvalue weighted by atomic mass is 16.4. The first-order valence-electron chi connectivity index (χ1n) is 6.15. The Morgan fingerprint density at radius 2 is 1.95 bits per heavy atom. The van der Waals surface area contributed by atoms with Crippen molar-refractivity contribution in [2.24, 2.45) is 5.41 Å². The van der Waals surface area contributed by atoms with Crippen LogP contribution in [0.5, 0.6) is 0 Å². The zero-order valence-corrected chi connectivity index (χ0v) is 11.8. The minimum Gasteiger partial charge on any atom is -0.477 e. The number of carbonyl (C=O) groups excluding carboxylic acids is 1. The summed E-state index contributed by atoms with van der Waals surface area (Å²) in [6.45, 7) is 7.01. The predicted octanol–water partition coefficient (Wildman–Crippen LogP) is 2.29. The lowest BCUT2D eigenvalue weighted by molar-refractivity contribution is 0.0688. The molecule has 0 saturated heterocycles.